The number of nitrogens with zero attached hydrogens (tertiary/aromatic N) is 2. The molecule has 8 heteroatoms. The van der Waals surface area contributed by atoms with Crippen molar-refractivity contribution >= 4 is 29.7 Å². The number of furan rings is 1. The van der Waals surface area contributed by atoms with Gasteiger partial charge in [0.1, 0.15) is 17.9 Å². The van der Waals surface area contributed by atoms with Crippen molar-refractivity contribution in [2.24, 2.45) is 5.10 Å². The van der Waals surface area contributed by atoms with Crippen LogP contribution >= 0.6 is 11.6 Å². The minimum atomic E-state index is -1.38. The summed E-state index contributed by atoms with van der Waals surface area (Å²) in [6.07, 6.45) is 0.964. The standard InChI is InChI=1S/C15H10ClN3O4/c16-12-3-1-9(7-11(12)15(21)22)13-4-2-10(23-13)8-18-19-14(20)5-6-17/h1-4,7-8H,5H2,(H,19,20)(H,21,22)/p-1/b18-8-. The van der Waals surface area contributed by atoms with E-state index in [9.17, 15) is 14.7 Å². The highest BCUT2D eigenvalue weighted by atomic mass is 35.5. The quantitative estimate of drug-likeness (QED) is 0.655. The molecule has 7 nitrogen and oxygen atoms in total. The fourth-order valence-corrected chi connectivity index (χ4v) is 1.89. The SMILES string of the molecule is N#CCC(=O)N/N=C\c1ccc(-c2ccc(Cl)c(C(=O)[O-])c2)o1. The molecule has 116 valence electrons. The van der Waals surface area contributed by atoms with Crippen LogP contribution in [-0.2, 0) is 4.79 Å². The molecule has 1 N–H and O–H groups in total. The van der Waals surface area contributed by atoms with Crippen LogP contribution in [0.4, 0.5) is 0 Å². The van der Waals surface area contributed by atoms with Crippen molar-refractivity contribution < 1.29 is 19.1 Å². The normalized spacial score (nSPS) is 10.4. The number of aromatic carboxylic acids is 1. The Bertz CT molecular complexity index is 820. The average Bonchev–Trinajstić information content (AvgIpc) is 2.96. The number of hydrogen-bond acceptors (Lipinski definition) is 6. The van der Waals surface area contributed by atoms with Crippen LogP contribution in [0.3, 0.4) is 0 Å². The molecule has 0 aliphatic carbocycles. The van der Waals surface area contributed by atoms with E-state index < -0.39 is 11.9 Å². The van der Waals surface area contributed by atoms with Crippen LogP contribution in [-0.4, -0.2) is 18.1 Å². The molecule has 2 rings (SSSR count). The maximum atomic E-state index is 11.0. The molecular formula is C15H9ClN3O4-. The van der Waals surface area contributed by atoms with Gasteiger partial charge in [-0.05, 0) is 30.3 Å². The zero-order valence-electron chi connectivity index (χ0n) is 11.6. The number of amides is 1. The number of carboxylic acid groups (broad SMARTS) is 1. The number of hydrogen-bond donors (Lipinski definition) is 1. The van der Waals surface area contributed by atoms with Gasteiger partial charge in [0.2, 0.25) is 0 Å². The van der Waals surface area contributed by atoms with Crippen LogP contribution in [0.15, 0.2) is 39.9 Å². The van der Waals surface area contributed by atoms with Crippen molar-refractivity contribution in [2.45, 2.75) is 6.42 Å². The van der Waals surface area contributed by atoms with E-state index in [-0.39, 0.29) is 17.0 Å². The summed E-state index contributed by atoms with van der Waals surface area (Å²) in [6, 6.07) is 9.26. The van der Waals surface area contributed by atoms with Gasteiger partial charge in [-0.15, -0.1) is 0 Å². The molecule has 0 fully saturated rings. The van der Waals surface area contributed by atoms with Gasteiger partial charge in [0, 0.05) is 16.1 Å². The third-order valence-electron chi connectivity index (χ3n) is 2.72. The van der Waals surface area contributed by atoms with Gasteiger partial charge in [-0.2, -0.15) is 10.4 Å². The van der Waals surface area contributed by atoms with Gasteiger partial charge in [0.15, 0.2) is 0 Å². The fraction of sp³-hybridized carbons (Fsp3) is 0.0667. The number of hydrazone groups is 1. The molecule has 0 aliphatic heterocycles. The summed E-state index contributed by atoms with van der Waals surface area (Å²) in [6.45, 7) is 0. The van der Waals surface area contributed by atoms with Crippen LogP contribution in [0.5, 0.6) is 0 Å². The molecule has 0 aliphatic rings. The summed E-state index contributed by atoms with van der Waals surface area (Å²) >= 11 is 5.77. The molecule has 0 spiro atoms. The Morgan fingerprint density at radius 1 is 1.39 bits per heavy atom. The maximum Gasteiger partial charge on any atom is 0.254 e. The van der Waals surface area contributed by atoms with Crippen LogP contribution in [0.2, 0.25) is 5.02 Å². The molecule has 0 bridgehead atoms. The lowest BCUT2D eigenvalue weighted by Gasteiger charge is -2.06. The van der Waals surface area contributed by atoms with Crippen LogP contribution in [0.25, 0.3) is 11.3 Å². The number of carboxylic acids is 1. The van der Waals surface area contributed by atoms with Crippen molar-refractivity contribution in [1.29, 1.82) is 5.26 Å². The molecule has 0 atom stereocenters. The number of benzene rings is 1. The van der Waals surface area contributed by atoms with Gasteiger partial charge < -0.3 is 14.3 Å². The maximum absolute atomic E-state index is 11.0. The lowest BCUT2D eigenvalue weighted by molar-refractivity contribution is -0.255. The van der Waals surface area contributed by atoms with Gasteiger partial charge in [-0.1, -0.05) is 11.6 Å². The first-order valence-electron chi connectivity index (χ1n) is 6.31. The lowest BCUT2D eigenvalue weighted by atomic mass is 10.1. The van der Waals surface area contributed by atoms with E-state index in [4.69, 9.17) is 21.3 Å². The minimum absolute atomic E-state index is 0.0716. The van der Waals surface area contributed by atoms with Crippen LogP contribution < -0.4 is 10.5 Å². The van der Waals surface area contributed by atoms with E-state index in [1.165, 1.54) is 18.3 Å². The second kappa shape index (κ2) is 7.24. The summed E-state index contributed by atoms with van der Waals surface area (Å²) in [4.78, 5) is 22.0. The largest absolute Gasteiger partial charge is 0.545 e. The van der Waals surface area contributed by atoms with E-state index in [2.05, 4.69) is 10.5 Å². The van der Waals surface area contributed by atoms with Crippen molar-refractivity contribution in [3.8, 4) is 17.4 Å². The Balaban J connectivity index is 2.15. The molecule has 23 heavy (non-hydrogen) atoms. The lowest BCUT2D eigenvalue weighted by Crippen LogP contribution is -2.22. The van der Waals surface area contributed by atoms with Crippen molar-refractivity contribution in [3.05, 3.63) is 46.7 Å². The van der Waals surface area contributed by atoms with Gasteiger partial charge in [0.25, 0.3) is 5.91 Å². The summed E-state index contributed by atoms with van der Waals surface area (Å²) in [5.74, 6) is -1.19. The van der Waals surface area contributed by atoms with Crippen LogP contribution in [0.1, 0.15) is 22.5 Å². The summed E-state index contributed by atoms with van der Waals surface area (Å²) in [7, 11) is 0. The second-order valence-electron chi connectivity index (χ2n) is 4.31. The number of carbonyl (C=O) groups excluding carboxylic acids is 2. The smallest absolute Gasteiger partial charge is 0.254 e. The Hall–Kier alpha value is -3.11. The number of nitriles is 1. The predicted molar refractivity (Wildman–Crippen MR) is 79.5 cm³/mol. The molecule has 0 saturated carbocycles. The van der Waals surface area contributed by atoms with E-state index in [1.54, 1.807) is 24.3 Å². The molecule has 0 saturated heterocycles. The zero-order chi connectivity index (χ0) is 16.8. The molecule has 2 aromatic rings. The monoisotopic (exact) mass is 330 g/mol. The second-order valence-corrected chi connectivity index (χ2v) is 4.72. The minimum Gasteiger partial charge on any atom is -0.545 e. The van der Waals surface area contributed by atoms with E-state index in [1.807, 2.05) is 0 Å². The first-order chi connectivity index (χ1) is 11.0. The number of carbonyl (C=O) groups is 2. The highest BCUT2D eigenvalue weighted by Crippen LogP contribution is 2.26. The number of halogens is 1. The molecule has 0 unspecified atom stereocenters. The Morgan fingerprint density at radius 3 is 2.87 bits per heavy atom. The van der Waals surface area contributed by atoms with Gasteiger partial charge in [0.05, 0.1) is 18.3 Å². The summed E-state index contributed by atoms with van der Waals surface area (Å²) < 4.78 is 5.46. The van der Waals surface area contributed by atoms with Gasteiger partial charge >= 0.3 is 0 Å². The highest BCUT2D eigenvalue weighted by Gasteiger charge is 2.08. The Kier molecular flexibility index (Phi) is 5.12. The van der Waals surface area contributed by atoms with E-state index in [0.29, 0.717) is 17.1 Å². The summed E-state index contributed by atoms with van der Waals surface area (Å²) in [5, 5.41) is 23.0. The molecule has 1 amide bonds. The van der Waals surface area contributed by atoms with E-state index >= 15 is 0 Å². The van der Waals surface area contributed by atoms with Crippen molar-refractivity contribution in [2.75, 3.05) is 0 Å². The number of nitrogens with one attached hydrogen (secondary N) is 1. The predicted octanol–water partition coefficient (Wildman–Crippen LogP) is 1.33. The van der Waals surface area contributed by atoms with E-state index in [0.717, 1.165) is 0 Å². The van der Waals surface area contributed by atoms with Crippen LogP contribution in [0, 0.1) is 11.3 Å². The van der Waals surface area contributed by atoms with Crippen molar-refractivity contribution in [1.82, 2.24) is 5.43 Å². The molecule has 1 heterocycles. The highest BCUT2D eigenvalue weighted by molar-refractivity contribution is 6.33. The summed E-state index contributed by atoms with van der Waals surface area (Å²) in [5.41, 5.74) is 2.52. The molecule has 0 radical (unpaired) electrons. The Morgan fingerprint density at radius 2 is 2.17 bits per heavy atom. The first kappa shape index (κ1) is 16.3. The van der Waals surface area contributed by atoms with Crippen molar-refractivity contribution in [3.63, 3.8) is 0 Å². The third-order valence-corrected chi connectivity index (χ3v) is 3.05. The molecule has 1 aromatic heterocycles. The molecular weight excluding hydrogens is 322 g/mol. The van der Waals surface area contributed by atoms with Gasteiger partial charge in [-0.3, -0.25) is 4.79 Å². The molecule has 1 aromatic carbocycles. The zero-order valence-corrected chi connectivity index (χ0v) is 12.3. The average molecular weight is 331 g/mol. The third kappa shape index (κ3) is 4.18. The fourth-order valence-electron chi connectivity index (χ4n) is 1.69. The Labute approximate surface area is 135 Å². The first-order valence-corrected chi connectivity index (χ1v) is 6.69. The topological polar surface area (TPSA) is 119 Å². The van der Waals surface area contributed by atoms with Gasteiger partial charge in [-0.25, -0.2) is 5.43 Å². The number of rotatable bonds is 5.